The third-order valence-corrected chi connectivity index (χ3v) is 2.29. The standard InChI is InChI=1S/C13H12N2O2/c1-15-9-11(8-14-15)13(17)6-5-10-3-2-4-12(16)7-10/h2-9,16H,1H3. The minimum atomic E-state index is -0.110. The van der Waals surface area contributed by atoms with Crippen LogP contribution in [0.25, 0.3) is 6.08 Å². The first-order valence-electron chi connectivity index (χ1n) is 5.15. The van der Waals surface area contributed by atoms with E-state index >= 15 is 0 Å². The van der Waals surface area contributed by atoms with E-state index in [0.717, 1.165) is 5.56 Å². The number of aryl methyl sites for hydroxylation is 1. The molecule has 1 aromatic carbocycles. The second-order valence-electron chi connectivity index (χ2n) is 3.70. The molecule has 0 amide bonds. The molecule has 4 nitrogen and oxygen atoms in total. The van der Waals surface area contributed by atoms with Gasteiger partial charge in [0.1, 0.15) is 5.75 Å². The van der Waals surface area contributed by atoms with Crippen molar-refractivity contribution in [2.24, 2.45) is 7.05 Å². The van der Waals surface area contributed by atoms with Gasteiger partial charge in [-0.1, -0.05) is 18.2 Å². The van der Waals surface area contributed by atoms with Gasteiger partial charge < -0.3 is 5.11 Å². The number of hydrogen-bond acceptors (Lipinski definition) is 3. The van der Waals surface area contributed by atoms with Crippen molar-refractivity contribution in [3.63, 3.8) is 0 Å². The second kappa shape index (κ2) is 4.65. The molecular weight excluding hydrogens is 216 g/mol. The molecule has 0 bridgehead atoms. The highest BCUT2D eigenvalue weighted by Crippen LogP contribution is 2.12. The van der Waals surface area contributed by atoms with Crippen LogP contribution >= 0.6 is 0 Å². The summed E-state index contributed by atoms with van der Waals surface area (Å²) in [4.78, 5) is 11.7. The van der Waals surface area contributed by atoms with Gasteiger partial charge in [-0.3, -0.25) is 9.48 Å². The fourth-order valence-corrected chi connectivity index (χ4v) is 1.45. The van der Waals surface area contributed by atoms with E-state index in [1.165, 1.54) is 12.3 Å². The SMILES string of the molecule is Cn1cc(C(=O)C=Cc2cccc(O)c2)cn1. The maximum atomic E-state index is 11.7. The van der Waals surface area contributed by atoms with Crippen molar-refractivity contribution in [2.75, 3.05) is 0 Å². The van der Waals surface area contributed by atoms with Crippen LogP contribution in [0.2, 0.25) is 0 Å². The first-order chi connectivity index (χ1) is 8.15. The summed E-state index contributed by atoms with van der Waals surface area (Å²) in [6, 6.07) is 6.71. The van der Waals surface area contributed by atoms with E-state index in [1.807, 2.05) is 6.07 Å². The number of benzene rings is 1. The van der Waals surface area contributed by atoms with Gasteiger partial charge in [0.25, 0.3) is 0 Å². The maximum absolute atomic E-state index is 11.7. The first-order valence-corrected chi connectivity index (χ1v) is 5.15. The maximum Gasteiger partial charge on any atom is 0.189 e. The molecule has 0 saturated heterocycles. The van der Waals surface area contributed by atoms with Crippen molar-refractivity contribution in [3.05, 3.63) is 53.9 Å². The Morgan fingerprint density at radius 2 is 2.29 bits per heavy atom. The summed E-state index contributed by atoms with van der Waals surface area (Å²) in [7, 11) is 1.76. The van der Waals surface area contributed by atoms with Gasteiger partial charge >= 0.3 is 0 Å². The number of nitrogens with zero attached hydrogens (tertiary/aromatic N) is 2. The van der Waals surface area contributed by atoms with Gasteiger partial charge in [-0.05, 0) is 23.8 Å². The lowest BCUT2D eigenvalue weighted by Gasteiger charge is -1.94. The third-order valence-electron chi connectivity index (χ3n) is 2.29. The Bertz CT molecular complexity index is 570. The number of phenols is 1. The fraction of sp³-hybridized carbons (Fsp3) is 0.0769. The van der Waals surface area contributed by atoms with E-state index in [0.29, 0.717) is 5.56 Å². The van der Waals surface area contributed by atoms with E-state index in [1.54, 1.807) is 42.2 Å². The number of hydrogen-bond donors (Lipinski definition) is 1. The highest BCUT2D eigenvalue weighted by atomic mass is 16.3. The van der Waals surface area contributed by atoms with Crippen LogP contribution in [-0.4, -0.2) is 20.7 Å². The van der Waals surface area contributed by atoms with Gasteiger partial charge in [0, 0.05) is 13.2 Å². The van der Waals surface area contributed by atoms with E-state index < -0.39 is 0 Å². The number of carbonyl (C=O) groups is 1. The molecule has 0 aliphatic carbocycles. The molecule has 0 radical (unpaired) electrons. The van der Waals surface area contributed by atoms with Crippen molar-refractivity contribution in [3.8, 4) is 5.75 Å². The molecule has 0 saturated carbocycles. The number of allylic oxidation sites excluding steroid dienone is 1. The van der Waals surface area contributed by atoms with Gasteiger partial charge in [0.15, 0.2) is 5.78 Å². The van der Waals surface area contributed by atoms with Crippen LogP contribution in [0.4, 0.5) is 0 Å². The lowest BCUT2D eigenvalue weighted by molar-refractivity contribution is 0.104. The highest BCUT2D eigenvalue weighted by molar-refractivity contribution is 6.06. The molecule has 0 aliphatic rings. The van der Waals surface area contributed by atoms with Gasteiger partial charge in [-0.25, -0.2) is 0 Å². The molecule has 0 spiro atoms. The van der Waals surface area contributed by atoms with Crippen LogP contribution in [0, 0.1) is 0 Å². The predicted molar refractivity (Wildman–Crippen MR) is 64.7 cm³/mol. The zero-order valence-corrected chi connectivity index (χ0v) is 9.37. The summed E-state index contributed by atoms with van der Waals surface area (Å²) in [5.74, 6) is 0.0717. The van der Waals surface area contributed by atoms with Crippen LogP contribution in [0.3, 0.4) is 0 Å². The highest BCUT2D eigenvalue weighted by Gasteiger charge is 2.03. The van der Waals surface area contributed by atoms with Crippen molar-refractivity contribution in [1.29, 1.82) is 0 Å². The fourth-order valence-electron chi connectivity index (χ4n) is 1.45. The van der Waals surface area contributed by atoms with Crippen LogP contribution in [0.5, 0.6) is 5.75 Å². The summed E-state index contributed by atoms with van der Waals surface area (Å²) in [6.07, 6.45) is 6.31. The number of carbonyl (C=O) groups excluding carboxylic acids is 1. The molecular formula is C13H12N2O2. The molecule has 4 heteroatoms. The largest absolute Gasteiger partial charge is 0.508 e. The number of aromatic nitrogens is 2. The Morgan fingerprint density at radius 3 is 2.94 bits per heavy atom. The molecule has 1 aromatic heterocycles. The average Bonchev–Trinajstić information content (AvgIpc) is 2.73. The molecule has 0 fully saturated rings. The Kier molecular flexibility index (Phi) is 3.05. The van der Waals surface area contributed by atoms with Gasteiger partial charge in [-0.2, -0.15) is 5.10 Å². The summed E-state index contributed by atoms with van der Waals surface area (Å²) in [6.45, 7) is 0. The van der Waals surface area contributed by atoms with E-state index in [9.17, 15) is 9.90 Å². The summed E-state index contributed by atoms with van der Waals surface area (Å²) < 4.78 is 1.58. The molecule has 17 heavy (non-hydrogen) atoms. The minimum Gasteiger partial charge on any atom is -0.508 e. The van der Waals surface area contributed by atoms with Crippen molar-refractivity contribution in [2.45, 2.75) is 0 Å². The predicted octanol–water partition coefficient (Wildman–Crippen LogP) is 2.02. The minimum absolute atomic E-state index is 0.110. The van der Waals surface area contributed by atoms with Gasteiger partial charge in [0.05, 0.1) is 11.8 Å². The Balaban J connectivity index is 2.13. The lowest BCUT2D eigenvalue weighted by Crippen LogP contribution is -1.91. The van der Waals surface area contributed by atoms with Crippen molar-refractivity contribution in [1.82, 2.24) is 9.78 Å². The molecule has 0 aliphatic heterocycles. The molecule has 1 N–H and O–H groups in total. The molecule has 2 aromatic rings. The Labute approximate surface area is 98.8 Å². The zero-order chi connectivity index (χ0) is 12.3. The second-order valence-corrected chi connectivity index (χ2v) is 3.70. The van der Waals surface area contributed by atoms with E-state index in [4.69, 9.17) is 0 Å². The van der Waals surface area contributed by atoms with E-state index in [2.05, 4.69) is 5.10 Å². The normalized spacial score (nSPS) is 10.9. The number of phenolic OH excluding ortho intramolecular Hbond substituents is 1. The summed E-state index contributed by atoms with van der Waals surface area (Å²) >= 11 is 0. The van der Waals surface area contributed by atoms with Crippen LogP contribution in [0.1, 0.15) is 15.9 Å². The quantitative estimate of drug-likeness (QED) is 0.646. The molecule has 0 atom stereocenters. The monoisotopic (exact) mass is 228 g/mol. The Morgan fingerprint density at radius 1 is 1.47 bits per heavy atom. The lowest BCUT2D eigenvalue weighted by atomic mass is 10.1. The Hall–Kier alpha value is -2.36. The topological polar surface area (TPSA) is 55.1 Å². The van der Waals surface area contributed by atoms with Crippen LogP contribution < -0.4 is 0 Å². The van der Waals surface area contributed by atoms with Crippen LogP contribution in [-0.2, 0) is 7.05 Å². The molecule has 2 rings (SSSR count). The van der Waals surface area contributed by atoms with Crippen LogP contribution in [0.15, 0.2) is 42.7 Å². The number of ketones is 1. The average molecular weight is 228 g/mol. The molecule has 1 heterocycles. The van der Waals surface area contributed by atoms with Crippen molar-refractivity contribution < 1.29 is 9.90 Å². The summed E-state index contributed by atoms with van der Waals surface area (Å²) in [5.41, 5.74) is 1.33. The molecule has 0 unspecified atom stereocenters. The van der Waals surface area contributed by atoms with Gasteiger partial charge in [0.2, 0.25) is 0 Å². The zero-order valence-electron chi connectivity index (χ0n) is 9.37. The third kappa shape index (κ3) is 2.81. The van der Waals surface area contributed by atoms with Gasteiger partial charge in [-0.15, -0.1) is 0 Å². The first kappa shape index (κ1) is 11.1. The van der Waals surface area contributed by atoms with Crippen molar-refractivity contribution >= 4 is 11.9 Å². The number of rotatable bonds is 3. The summed E-state index contributed by atoms with van der Waals surface area (Å²) in [5, 5.41) is 13.2. The smallest absolute Gasteiger partial charge is 0.189 e. The molecule has 86 valence electrons. The number of aromatic hydroxyl groups is 1. The van der Waals surface area contributed by atoms with E-state index in [-0.39, 0.29) is 11.5 Å².